The van der Waals surface area contributed by atoms with Crippen LogP contribution >= 0.6 is 15.9 Å². The Morgan fingerprint density at radius 1 is 1.53 bits per heavy atom. The molecule has 0 aliphatic rings. The number of anilines is 1. The van der Waals surface area contributed by atoms with Crippen LogP contribution in [-0.2, 0) is 0 Å². The van der Waals surface area contributed by atoms with E-state index < -0.39 is 0 Å². The molecule has 2 N–H and O–H groups in total. The van der Waals surface area contributed by atoms with E-state index in [0.29, 0.717) is 6.54 Å². The van der Waals surface area contributed by atoms with Crippen molar-refractivity contribution in [3.05, 3.63) is 28.2 Å². The topological polar surface area (TPSA) is 29.3 Å². The quantitative estimate of drug-likeness (QED) is 0.844. The molecule has 0 heterocycles. The van der Waals surface area contributed by atoms with Crippen molar-refractivity contribution in [3.8, 4) is 12.3 Å². The van der Waals surface area contributed by atoms with Gasteiger partial charge in [-0.15, -0.1) is 6.42 Å². The van der Waals surface area contributed by atoms with Gasteiger partial charge >= 0.3 is 0 Å². The summed E-state index contributed by atoms with van der Waals surface area (Å²) >= 11 is 3.50. The van der Waals surface area contributed by atoms with Gasteiger partial charge in [0.15, 0.2) is 0 Å². The lowest BCUT2D eigenvalue weighted by Gasteiger charge is -2.26. The van der Waals surface area contributed by atoms with Gasteiger partial charge in [-0.2, -0.15) is 0 Å². The fourth-order valence-corrected chi connectivity index (χ4v) is 2.19. The van der Waals surface area contributed by atoms with Crippen LogP contribution in [0.25, 0.3) is 0 Å². The lowest BCUT2D eigenvalue weighted by atomic mass is 10.1. The Labute approximate surface area is 112 Å². The number of halogens is 1. The molecule has 0 amide bonds. The third-order valence-corrected chi connectivity index (χ3v) is 3.09. The van der Waals surface area contributed by atoms with Gasteiger partial charge in [0.2, 0.25) is 0 Å². The second-order valence-corrected chi connectivity index (χ2v) is 5.03. The zero-order chi connectivity index (χ0) is 12.8. The minimum Gasteiger partial charge on any atom is -0.360 e. The standard InChI is InChI=1S/C14H19BrN2/c1-4-8-17(9-5-2)14-10-12(15)6-7-13(14)11(3)16/h1,6-7,10-11H,5,8-9,16H2,2-3H3. The van der Waals surface area contributed by atoms with E-state index in [0.717, 1.165) is 28.7 Å². The Hall–Kier alpha value is -0.980. The molecule has 0 radical (unpaired) electrons. The summed E-state index contributed by atoms with van der Waals surface area (Å²) in [7, 11) is 0. The van der Waals surface area contributed by atoms with Crippen molar-refractivity contribution in [1.82, 2.24) is 0 Å². The SMILES string of the molecule is C#CCN(CCC)c1cc(Br)ccc1C(C)N. The van der Waals surface area contributed by atoms with Crippen molar-refractivity contribution in [2.24, 2.45) is 5.73 Å². The molecule has 0 spiro atoms. The van der Waals surface area contributed by atoms with Gasteiger partial charge in [-0.05, 0) is 31.0 Å². The van der Waals surface area contributed by atoms with E-state index in [9.17, 15) is 0 Å². The van der Waals surface area contributed by atoms with E-state index in [1.807, 2.05) is 13.0 Å². The minimum absolute atomic E-state index is 0.00947. The average molecular weight is 295 g/mol. The first-order valence-electron chi connectivity index (χ1n) is 5.83. The normalized spacial score (nSPS) is 11.9. The van der Waals surface area contributed by atoms with E-state index in [-0.39, 0.29) is 6.04 Å². The highest BCUT2D eigenvalue weighted by Crippen LogP contribution is 2.28. The molecule has 0 fully saturated rings. The molecule has 1 rings (SSSR count). The summed E-state index contributed by atoms with van der Waals surface area (Å²) in [6.07, 6.45) is 6.49. The van der Waals surface area contributed by atoms with Crippen LogP contribution in [-0.4, -0.2) is 13.1 Å². The van der Waals surface area contributed by atoms with E-state index in [2.05, 4.69) is 45.8 Å². The van der Waals surface area contributed by atoms with E-state index in [1.165, 1.54) is 0 Å². The second kappa shape index (κ2) is 6.68. The molecule has 0 aliphatic heterocycles. The number of terminal acetylenes is 1. The van der Waals surface area contributed by atoms with Crippen LogP contribution in [0, 0.1) is 12.3 Å². The molecule has 1 atom stereocenters. The molecule has 2 nitrogen and oxygen atoms in total. The summed E-state index contributed by atoms with van der Waals surface area (Å²) in [4.78, 5) is 2.20. The molecule has 1 aromatic rings. The Kier molecular flexibility index (Phi) is 5.54. The van der Waals surface area contributed by atoms with Gasteiger partial charge in [0.05, 0.1) is 6.54 Å². The number of nitrogens with zero attached hydrogens (tertiary/aromatic N) is 1. The first-order chi connectivity index (χ1) is 8.10. The van der Waals surface area contributed by atoms with Crippen LogP contribution in [0.2, 0.25) is 0 Å². The molecular formula is C14H19BrN2. The third-order valence-electron chi connectivity index (χ3n) is 2.60. The largest absolute Gasteiger partial charge is 0.360 e. The summed E-state index contributed by atoms with van der Waals surface area (Å²) < 4.78 is 1.05. The first kappa shape index (κ1) is 14.1. The Morgan fingerprint density at radius 3 is 2.76 bits per heavy atom. The zero-order valence-corrected chi connectivity index (χ0v) is 12.0. The molecule has 0 aromatic heterocycles. The monoisotopic (exact) mass is 294 g/mol. The molecule has 92 valence electrons. The predicted molar refractivity (Wildman–Crippen MR) is 78.1 cm³/mol. The number of hydrogen-bond acceptors (Lipinski definition) is 2. The molecule has 1 aromatic carbocycles. The van der Waals surface area contributed by atoms with Gasteiger partial charge in [0.25, 0.3) is 0 Å². The number of nitrogens with two attached hydrogens (primary N) is 1. The van der Waals surface area contributed by atoms with Gasteiger partial charge in [0.1, 0.15) is 0 Å². The number of benzene rings is 1. The van der Waals surface area contributed by atoms with E-state index >= 15 is 0 Å². The van der Waals surface area contributed by atoms with E-state index in [4.69, 9.17) is 12.2 Å². The smallest absolute Gasteiger partial charge is 0.0791 e. The summed E-state index contributed by atoms with van der Waals surface area (Å²) in [5, 5.41) is 0. The van der Waals surface area contributed by atoms with Crippen LogP contribution in [0.4, 0.5) is 5.69 Å². The van der Waals surface area contributed by atoms with Crippen molar-refractivity contribution in [1.29, 1.82) is 0 Å². The first-order valence-corrected chi connectivity index (χ1v) is 6.62. The molecule has 1 unspecified atom stereocenters. The molecule has 0 saturated heterocycles. The van der Waals surface area contributed by atoms with Crippen molar-refractivity contribution in [2.75, 3.05) is 18.0 Å². The Balaban J connectivity index is 3.15. The van der Waals surface area contributed by atoms with Crippen LogP contribution in [0.5, 0.6) is 0 Å². The summed E-state index contributed by atoms with van der Waals surface area (Å²) in [6.45, 7) is 5.70. The highest BCUT2D eigenvalue weighted by atomic mass is 79.9. The number of hydrogen-bond donors (Lipinski definition) is 1. The fraction of sp³-hybridized carbons (Fsp3) is 0.429. The van der Waals surface area contributed by atoms with Crippen LogP contribution in [0.3, 0.4) is 0 Å². The van der Waals surface area contributed by atoms with Gasteiger partial charge in [-0.25, -0.2) is 0 Å². The van der Waals surface area contributed by atoms with Crippen LogP contribution in [0.1, 0.15) is 31.9 Å². The Bertz CT molecular complexity index is 407. The summed E-state index contributed by atoms with van der Waals surface area (Å²) in [5.41, 5.74) is 8.27. The maximum atomic E-state index is 6.00. The molecular weight excluding hydrogens is 276 g/mol. The fourth-order valence-electron chi connectivity index (χ4n) is 1.84. The van der Waals surface area contributed by atoms with Gasteiger partial charge in [0, 0.05) is 22.7 Å². The van der Waals surface area contributed by atoms with Gasteiger partial charge < -0.3 is 10.6 Å². The van der Waals surface area contributed by atoms with Crippen LogP contribution < -0.4 is 10.6 Å². The highest BCUT2D eigenvalue weighted by Gasteiger charge is 2.13. The van der Waals surface area contributed by atoms with Gasteiger partial charge in [-0.1, -0.05) is 34.8 Å². The average Bonchev–Trinajstić information content (AvgIpc) is 2.28. The lowest BCUT2D eigenvalue weighted by Crippen LogP contribution is -2.26. The summed E-state index contributed by atoms with van der Waals surface area (Å²) in [6, 6.07) is 6.17. The highest BCUT2D eigenvalue weighted by molar-refractivity contribution is 9.10. The third kappa shape index (κ3) is 3.76. The molecule has 3 heteroatoms. The molecule has 17 heavy (non-hydrogen) atoms. The molecule has 0 aliphatic carbocycles. The van der Waals surface area contributed by atoms with Crippen LogP contribution in [0.15, 0.2) is 22.7 Å². The Morgan fingerprint density at radius 2 is 2.24 bits per heavy atom. The maximum Gasteiger partial charge on any atom is 0.0791 e. The van der Waals surface area contributed by atoms with Crippen molar-refractivity contribution in [3.63, 3.8) is 0 Å². The van der Waals surface area contributed by atoms with Crippen molar-refractivity contribution < 1.29 is 0 Å². The summed E-state index contributed by atoms with van der Waals surface area (Å²) in [5.74, 6) is 2.71. The second-order valence-electron chi connectivity index (χ2n) is 4.12. The lowest BCUT2D eigenvalue weighted by molar-refractivity contribution is 0.778. The van der Waals surface area contributed by atoms with Gasteiger partial charge in [-0.3, -0.25) is 0 Å². The van der Waals surface area contributed by atoms with Crippen molar-refractivity contribution in [2.45, 2.75) is 26.3 Å². The number of rotatable bonds is 5. The molecule has 0 bridgehead atoms. The molecule has 0 saturated carbocycles. The maximum absolute atomic E-state index is 6.00. The van der Waals surface area contributed by atoms with Crippen molar-refractivity contribution >= 4 is 21.6 Å². The minimum atomic E-state index is 0.00947. The van der Waals surface area contributed by atoms with E-state index in [1.54, 1.807) is 0 Å². The predicted octanol–water partition coefficient (Wildman–Crippen LogP) is 3.32. The zero-order valence-electron chi connectivity index (χ0n) is 10.4.